The average molecular weight is 491 g/mol. The molecule has 0 saturated carbocycles. The van der Waals surface area contributed by atoms with Gasteiger partial charge in [-0.25, -0.2) is 9.97 Å². The first-order valence-electron chi connectivity index (χ1n) is 12.4. The molecule has 0 spiro atoms. The first-order chi connectivity index (χ1) is 18.3. The van der Waals surface area contributed by atoms with Gasteiger partial charge in [-0.05, 0) is 28.3 Å². The smallest absolute Gasteiger partial charge is 0.160 e. The molecule has 0 atom stereocenters. The third-order valence-corrected chi connectivity index (χ3v) is 7.90. The van der Waals surface area contributed by atoms with Gasteiger partial charge in [-0.3, -0.25) is 0 Å². The number of rotatable bonds is 4. The topological polar surface area (TPSA) is 25.8 Å². The second kappa shape index (κ2) is 9.12. The molecule has 0 radical (unpaired) electrons. The van der Waals surface area contributed by atoms with E-state index < -0.39 is 0 Å². The highest BCUT2D eigenvalue weighted by molar-refractivity contribution is 7.26. The highest BCUT2D eigenvalue weighted by Crippen LogP contribution is 2.42. The van der Waals surface area contributed by atoms with Gasteiger partial charge in [-0.2, -0.15) is 0 Å². The summed E-state index contributed by atoms with van der Waals surface area (Å²) in [7, 11) is 0. The lowest BCUT2D eigenvalue weighted by molar-refractivity contribution is 1.24. The zero-order valence-electron chi connectivity index (χ0n) is 20.0. The van der Waals surface area contributed by atoms with Gasteiger partial charge in [0.2, 0.25) is 0 Å². The van der Waals surface area contributed by atoms with E-state index in [1.165, 1.54) is 32.3 Å². The molecule has 0 saturated heterocycles. The van der Waals surface area contributed by atoms with Crippen LogP contribution in [0, 0.1) is 0 Å². The van der Waals surface area contributed by atoms with Crippen LogP contribution in [0.4, 0.5) is 0 Å². The normalized spacial score (nSPS) is 11.2. The standard InChI is InChI=1S/C34H22N2S/c1-3-11-23(12-4-1)24-19-21-26(22-20-24)34-35-31(33-32(36-34)29-17-9-10-18-30(29)37-33)28-16-8-7-15-27(28)25-13-5-2-6-14-25/h1-22H. The van der Waals surface area contributed by atoms with Crippen molar-refractivity contribution in [3.05, 3.63) is 133 Å². The van der Waals surface area contributed by atoms with E-state index >= 15 is 0 Å². The van der Waals surface area contributed by atoms with E-state index in [0.717, 1.165) is 32.9 Å². The molecule has 0 aliphatic heterocycles. The molecule has 2 nitrogen and oxygen atoms in total. The predicted molar refractivity (Wildman–Crippen MR) is 157 cm³/mol. The summed E-state index contributed by atoms with van der Waals surface area (Å²) in [6.45, 7) is 0. The summed E-state index contributed by atoms with van der Waals surface area (Å²) in [5, 5.41) is 1.17. The van der Waals surface area contributed by atoms with Crippen molar-refractivity contribution >= 4 is 31.6 Å². The summed E-state index contributed by atoms with van der Waals surface area (Å²) in [5.74, 6) is 0.744. The number of benzene rings is 5. The third kappa shape index (κ3) is 3.90. The fourth-order valence-electron chi connectivity index (χ4n) is 4.90. The predicted octanol–water partition coefficient (Wildman–Crippen LogP) is 9.51. The van der Waals surface area contributed by atoms with Crippen LogP contribution in [0.3, 0.4) is 0 Å². The van der Waals surface area contributed by atoms with E-state index in [1.807, 2.05) is 6.07 Å². The molecule has 0 unspecified atom stereocenters. The highest BCUT2D eigenvalue weighted by atomic mass is 32.1. The summed E-state index contributed by atoms with van der Waals surface area (Å²) in [6, 6.07) is 46.6. The molecule has 2 aromatic heterocycles. The van der Waals surface area contributed by atoms with E-state index in [9.17, 15) is 0 Å². The maximum atomic E-state index is 5.22. The fourth-order valence-corrected chi connectivity index (χ4v) is 6.05. The minimum absolute atomic E-state index is 0.744. The number of nitrogens with zero attached hydrogens (tertiary/aromatic N) is 2. The number of fused-ring (bicyclic) bond motifs is 3. The monoisotopic (exact) mass is 490 g/mol. The zero-order chi connectivity index (χ0) is 24.6. The van der Waals surface area contributed by atoms with Gasteiger partial charge in [-0.1, -0.05) is 127 Å². The molecule has 0 N–H and O–H groups in total. The molecule has 3 heteroatoms. The van der Waals surface area contributed by atoms with Crippen LogP contribution in [0.15, 0.2) is 133 Å². The van der Waals surface area contributed by atoms with Crippen LogP contribution < -0.4 is 0 Å². The molecule has 2 heterocycles. The molecular formula is C34H22N2S. The lowest BCUT2D eigenvalue weighted by Crippen LogP contribution is -1.95. The minimum atomic E-state index is 0.744. The molecular weight excluding hydrogens is 468 g/mol. The Hall–Kier alpha value is -4.60. The van der Waals surface area contributed by atoms with Crippen LogP contribution in [0.5, 0.6) is 0 Å². The average Bonchev–Trinajstić information content (AvgIpc) is 3.36. The quantitative estimate of drug-likeness (QED) is 0.245. The molecule has 37 heavy (non-hydrogen) atoms. The Bertz CT molecular complexity index is 1850. The summed E-state index contributed by atoms with van der Waals surface area (Å²) in [6.07, 6.45) is 0. The van der Waals surface area contributed by atoms with E-state index in [4.69, 9.17) is 9.97 Å². The lowest BCUT2D eigenvalue weighted by atomic mass is 9.97. The van der Waals surface area contributed by atoms with E-state index in [1.54, 1.807) is 11.3 Å². The summed E-state index contributed by atoms with van der Waals surface area (Å²) in [4.78, 5) is 10.3. The van der Waals surface area contributed by atoms with Gasteiger partial charge in [0.1, 0.15) is 0 Å². The van der Waals surface area contributed by atoms with E-state index in [0.29, 0.717) is 0 Å². The van der Waals surface area contributed by atoms with Crippen molar-refractivity contribution in [2.24, 2.45) is 0 Å². The lowest BCUT2D eigenvalue weighted by Gasteiger charge is -2.12. The number of thiophene rings is 1. The van der Waals surface area contributed by atoms with Gasteiger partial charge in [0.15, 0.2) is 5.82 Å². The van der Waals surface area contributed by atoms with Crippen molar-refractivity contribution in [1.29, 1.82) is 0 Å². The van der Waals surface area contributed by atoms with Gasteiger partial charge < -0.3 is 0 Å². The molecule has 174 valence electrons. The summed E-state index contributed by atoms with van der Waals surface area (Å²) < 4.78 is 2.34. The van der Waals surface area contributed by atoms with Crippen molar-refractivity contribution in [1.82, 2.24) is 9.97 Å². The van der Waals surface area contributed by atoms with Gasteiger partial charge in [-0.15, -0.1) is 11.3 Å². The first-order valence-corrected chi connectivity index (χ1v) is 13.2. The number of hydrogen-bond donors (Lipinski definition) is 0. The second-order valence-corrected chi connectivity index (χ2v) is 10.1. The Balaban J connectivity index is 1.46. The Morgan fingerprint density at radius 1 is 0.432 bits per heavy atom. The van der Waals surface area contributed by atoms with Gasteiger partial charge in [0.05, 0.1) is 15.9 Å². The molecule has 0 aliphatic carbocycles. The Morgan fingerprint density at radius 2 is 1.00 bits per heavy atom. The van der Waals surface area contributed by atoms with Crippen LogP contribution in [-0.2, 0) is 0 Å². The van der Waals surface area contributed by atoms with Crippen molar-refractivity contribution in [2.45, 2.75) is 0 Å². The third-order valence-electron chi connectivity index (χ3n) is 6.74. The van der Waals surface area contributed by atoms with Crippen molar-refractivity contribution < 1.29 is 0 Å². The SMILES string of the molecule is c1ccc(-c2ccc(-c3nc(-c4ccccc4-c4ccccc4)c4sc5ccccc5c4n3)cc2)cc1. The molecule has 0 aliphatic rings. The number of hydrogen-bond acceptors (Lipinski definition) is 3. The van der Waals surface area contributed by atoms with E-state index in [-0.39, 0.29) is 0 Å². The minimum Gasteiger partial charge on any atom is -0.226 e. The van der Waals surface area contributed by atoms with Gasteiger partial charge >= 0.3 is 0 Å². The largest absolute Gasteiger partial charge is 0.226 e. The van der Waals surface area contributed by atoms with Crippen molar-refractivity contribution in [2.75, 3.05) is 0 Å². The van der Waals surface area contributed by atoms with Gasteiger partial charge in [0.25, 0.3) is 0 Å². The van der Waals surface area contributed by atoms with Crippen LogP contribution in [0.1, 0.15) is 0 Å². The Kier molecular flexibility index (Phi) is 5.34. The van der Waals surface area contributed by atoms with Gasteiger partial charge in [0, 0.05) is 21.2 Å². The maximum Gasteiger partial charge on any atom is 0.160 e. The van der Waals surface area contributed by atoms with E-state index in [2.05, 4.69) is 127 Å². The molecule has 5 aromatic carbocycles. The molecule has 7 rings (SSSR count). The van der Waals surface area contributed by atoms with Crippen LogP contribution in [0.2, 0.25) is 0 Å². The van der Waals surface area contributed by atoms with Crippen molar-refractivity contribution in [3.63, 3.8) is 0 Å². The zero-order valence-corrected chi connectivity index (χ0v) is 20.8. The summed E-state index contributed by atoms with van der Waals surface area (Å²) >= 11 is 1.77. The van der Waals surface area contributed by atoms with Crippen molar-refractivity contribution in [3.8, 4) is 44.9 Å². The highest BCUT2D eigenvalue weighted by Gasteiger charge is 2.18. The molecule has 7 aromatic rings. The maximum absolute atomic E-state index is 5.22. The molecule has 0 fully saturated rings. The Morgan fingerprint density at radius 3 is 1.76 bits per heavy atom. The number of aromatic nitrogens is 2. The van der Waals surface area contributed by atoms with Crippen LogP contribution in [0.25, 0.3) is 65.2 Å². The van der Waals surface area contributed by atoms with Crippen LogP contribution >= 0.6 is 11.3 Å². The Labute approximate surface area is 219 Å². The molecule has 0 amide bonds. The first kappa shape index (κ1) is 21.7. The molecule has 0 bridgehead atoms. The fraction of sp³-hybridized carbons (Fsp3) is 0. The summed E-state index contributed by atoms with van der Waals surface area (Å²) in [5.41, 5.74) is 8.85. The second-order valence-electron chi connectivity index (χ2n) is 9.03. The van der Waals surface area contributed by atoms with Crippen LogP contribution in [-0.4, -0.2) is 9.97 Å².